The summed E-state index contributed by atoms with van der Waals surface area (Å²) < 4.78 is 6.00. The van der Waals surface area contributed by atoms with Gasteiger partial charge in [-0.05, 0) is 37.9 Å². The van der Waals surface area contributed by atoms with Gasteiger partial charge in [-0.1, -0.05) is 50.4 Å². The van der Waals surface area contributed by atoms with Gasteiger partial charge in [-0.15, -0.1) is 0 Å². The van der Waals surface area contributed by atoms with Gasteiger partial charge in [0.15, 0.2) is 0 Å². The molecule has 1 aromatic rings. The van der Waals surface area contributed by atoms with Gasteiger partial charge < -0.3 is 10.1 Å². The lowest BCUT2D eigenvalue weighted by Gasteiger charge is -2.19. The van der Waals surface area contributed by atoms with E-state index in [1.54, 1.807) is 6.07 Å². The molecule has 0 saturated heterocycles. The van der Waals surface area contributed by atoms with Crippen LogP contribution in [0.25, 0.3) is 0 Å². The summed E-state index contributed by atoms with van der Waals surface area (Å²) in [6, 6.07) is 3.66. The van der Waals surface area contributed by atoms with E-state index in [0.717, 1.165) is 30.7 Å². The Balaban J connectivity index is 2.84. The van der Waals surface area contributed by atoms with Crippen molar-refractivity contribution >= 4 is 23.2 Å². The summed E-state index contributed by atoms with van der Waals surface area (Å²) in [7, 11) is 0. The molecule has 0 bridgehead atoms. The van der Waals surface area contributed by atoms with E-state index in [1.807, 2.05) is 6.07 Å². The van der Waals surface area contributed by atoms with Crippen LogP contribution in [0.1, 0.15) is 46.1 Å². The molecular formula is C16H25Cl2NO. The SMILES string of the molecule is CCCC(C)Oc1c(Cl)cc(Cl)cc1CNCC(C)C. The molecule has 1 N–H and O–H groups in total. The Labute approximate surface area is 132 Å². The molecule has 1 unspecified atom stereocenters. The van der Waals surface area contributed by atoms with Crippen LogP contribution < -0.4 is 10.1 Å². The molecule has 0 aliphatic carbocycles. The second-order valence-corrected chi connectivity index (χ2v) is 6.46. The predicted octanol–water partition coefficient (Wildman–Crippen LogP) is 5.31. The van der Waals surface area contributed by atoms with E-state index in [1.165, 1.54) is 0 Å². The van der Waals surface area contributed by atoms with E-state index in [4.69, 9.17) is 27.9 Å². The quantitative estimate of drug-likeness (QED) is 0.701. The molecule has 0 saturated carbocycles. The van der Waals surface area contributed by atoms with Gasteiger partial charge in [0.1, 0.15) is 5.75 Å². The van der Waals surface area contributed by atoms with Crippen LogP contribution in [0.15, 0.2) is 12.1 Å². The summed E-state index contributed by atoms with van der Waals surface area (Å²) in [6.07, 6.45) is 2.26. The van der Waals surface area contributed by atoms with Crippen LogP contribution in [0.2, 0.25) is 10.0 Å². The molecule has 1 aromatic carbocycles. The molecule has 0 heterocycles. The number of halogens is 2. The third-order valence-electron chi connectivity index (χ3n) is 2.97. The first kappa shape index (κ1) is 17.6. The van der Waals surface area contributed by atoms with E-state index in [9.17, 15) is 0 Å². The van der Waals surface area contributed by atoms with Gasteiger partial charge in [-0.2, -0.15) is 0 Å². The second-order valence-electron chi connectivity index (χ2n) is 5.62. The Hall–Kier alpha value is -0.440. The average molecular weight is 318 g/mol. The zero-order valence-corrected chi connectivity index (χ0v) is 14.3. The molecule has 20 heavy (non-hydrogen) atoms. The van der Waals surface area contributed by atoms with Gasteiger partial charge in [-0.25, -0.2) is 0 Å². The predicted molar refractivity (Wildman–Crippen MR) is 88.0 cm³/mol. The van der Waals surface area contributed by atoms with Gasteiger partial charge in [0.05, 0.1) is 11.1 Å². The molecule has 4 heteroatoms. The number of hydrogen-bond donors (Lipinski definition) is 1. The molecule has 114 valence electrons. The standard InChI is InChI=1S/C16H25Cl2NO/c1-5-6-12(4)20-16-13(10-19-9-11(2)3)7-14(17)8-15(16)18/h7-8,11-12,19H,5-6,9-10H2,1-4H3. The first-order valence-corrected chi connectivity index (χ1v) is 8.04. The van der Waals surface area contributed by atoms with Gasteiger partial charge in [0.2, 0.25) is 0 Å². The number of rotatable bonds is 8. The lowest BCUT2D eigenvalue weighted by atomic mass is 10.1. The minimum atomic E-state index is 0.155. The molecule has 0 aliphatic rings. The molecule has 0 fully saturated rings. The van der Waals surface area contributed by atoms with Crippen molar-refractivity contribution in [2.75, 3.05) is 6.54 Å². The molecular weight excluding hydrogens is 293 g/mol. The first-order valence-electron chi connectivity index (χ1n) is 7.29. The van der Waals surface area contributed by atoms with Crippen molar-refractivity contribution in [3.8, 4) is 5.75 Å². The minimum Gasteiger partial charge on any atom is -0.489 e. The summed E-state index contributed by atoms with van der Waals surface area (Å²) in [5.41, 5.74) is 1.02. The third kappa shape index (κ3) is 5.90. The zero-order valence-electron chi connectivity index (χ0n) is 12.8. The van der Waals surface area contributed by atoms with Crippen molar-refractivity contribution in [3.63, 3.8) is 0 Å². The molecule has 0 radical (unpaired) electrons. The fourth-order valence-electron chi connectivity index (χ4n) is 2.04. The fourth-order valence-corrected chi connectivity index (χ4v) is 2.62. The maximum atomic E-state index is 6.28. The molecule has 1 atom stereocenters. The molecule has 0 amide bonds. The maximum absolute atomic E-state index is 6.28. The Morgan fingerprint density at radius 1 is 1.20 bits per heavy atom. The monoisotopic (exact) mass is 317 g/mol. The minimum absolute atomic E-state index is 0.155. The number of hydrogen-bond acceptors (Lipinski definition) is 2. The zero-order chi connectivity index (χ0) is 15.1. The first-order chi connectivity index (χ1) is 9.43. The highest BCUT2D eigenvalue weighted by Gasteiger charge is 2.13. The van der Waals surface area contributed by atoms with E-state index < -0.39 is 0 Å². The van der Waals surface area contributed by atoms with Crippen LogP contribution in [-0.2, 0) is 6.54 Å². The van der Waals surface area contributed by atoms with Crippen molar-refractivity contribution in [1.82, 2.24) is 5.32 Å². The Kier molecular flexibility index (Phi) is 7.71. The van der Waals surface area contributed by atoms with Crippen LogP contribution in [0.4, 0.5) is 0 Å². The van der Waals surface area contributed by atoms with Gasteiger partial charge in [0.25, 0.3) is 0 Å². The van der Waals surface area contributed by atoms with Crippen molar-refractivity contribution in [3.05, 3.63) is 27.7 Å². The maximum Gasteiger partial charge on any atom is 0.142 e. The normalized spacial score (nSPS) is 12.8. The highest BCUT2D eigenvalue weighted by molar-refractivity contribution is 6.35. The average Bonchev–Trinajstić information content (AvgIpc) is 2.33. The van der Waals surface area contributed by atoms with Crippen LogP contribution in [0.3, 0.4) is 0 Å². The highest BCUT2D eigenvalue weighted by atomic mass is 35.5. The summed E-state index contributed by atoms with van der Waals surface area (Å²) in [6.45, 7) is 10.2. The van der Waals surface area contributed by atoms with Crippen molar-refractivity contribution < 1.29 is 4.74 Å². The summed E-state index contributed by atoms with van der Waals surface area (Å²) in [4.78, 5) is 0. The Bertz CT molecular complexity index is 421. The molecule has 1 rings (SSSR count). The van der Waals surface area contributed by atoms with E-state index in [-0.39, 0.29) is 6.10 Å². The lowest BCUT2D eigenvalue weighted by Crippen LogP contribution is -2.20. The Morgan fingerprint density at radius 3 is 2.50 bits per heavy atom. The van der Waals surface area contributed by atoms with Crippen molar-refractivity contribution in [2.24, 2.45) is 5.92 Å². The highest BCUT2D eigenvalue weighted by Crippen LogP contribution is 2.33. The fraction of sp³-hybridized carbons (Fsp3) is 0.625. The Morgan fingerprint density at radius 2 is 1.90 bits per heavy atom. The molecule has 0 aromatic heterocycles. The number of ether oxygens (including phenoxy) is 1. The van der Waals surface area contributed by atoms with E-state index in [0.29, 0.717) is 22.5 Å². The van der Waals surface area contributed by atoms with Crippen LogP contribution in [0, 0.1) is 5.92 Å². The van der Waals surface area contributed by atoms with E-state index in [2.05, 4.69) is 33.0 Å². The molecule has 0 spiro atoms. The lowest BCUT2D eigenvalue weighted by molar-refractivity contribution is 0.207. The number of benzene rings is 1. The summed E-state index contributed by atoms with van der Waals surface area (Å²) in [5.74, 6) is 1.36. The summed E-state index contributed by atoms with van der Waals surface area (Å²) >= 11 is 12.4. The smallest absolute Gasteiger partial charge is 0.142 e. The summed E-state index contributed by atoms with van der Waals surface area (Å²) in [5, 5.41) is 4.63. The van der Waals surface area contributed by atoms with Crippen molar-refractivity contribution in [1.29, 1.82) is 0 Å². The third-order valence-corrected chi connectivity index (χ3v) is 3.47. The van der Waals surface area contributed by atoms with Crippen LogP contribution in [0.5, 0.6) is 5.75 Å². The van der Waals surface area contributed by atoms with E-state index >= 15 is 0 Å². The van der Waals surface area contributed by atoms with Crippen LogP contribution in [-0.4, -0.2) is 12.6 Å². The van der Waals surface area contributed by atoms with Crippen LogP contribution >= 0.6 is 23.2 Å². The molecule has 2 nitrogen and oxygen atoms in total. The van der Waals surface area contributed by atoms with Gasteiger partial charge in [0, 0.05) is 17.1 Å². The van der Waals surface area contributed by atoms with Crippen molar-refractivity contribution in [2.45, 2.75) is 53.2 Å². The van der Waals surface area contributed by atoms with Gasteiger partial charge in [-0.3, -0.25) is 0 Å². The largest absolute Gasteiger partial charge is 0.489 e. The molecule has 0 aliphatic heterocycles. The topological polar surface area (TPSA) is 21.3 Å². The second kappa shape index (κ2) is 8.76. The number of nitrogens with one attached hydrogen (secondary N) is 1. The van der Waals surface area contributed by atoms with Gasteiger partial charge >= 0.3 is 0 Å².